The zero-order valence-electron chi connectivity index (χ0n) is 23.6. The Labute approximate surface area is 255 Å². The highest BCUT2D eigenvalue weighted by atomic mass is 79.9. The largest absolute Gasteiger partial charge is 0.490 e. The fourth-order valence-corrected chi connectivity index (χ4v) is 5.54. The molecule has 6 nitrogen and oxygen atoms in total. The summed E-state index contributed by atoms with van der Waals surface area (Å²) in [6.45, 7) is 0. The molecule has 4 aromatic carbocycles. The fourth-order valence-electron chi connectivity index (χ4n) is 5.18. The summed E-state index contributed by atoms with van der Waals surface area (Å²) in [6, 6.07) is 29.9. The van der Waals surface area contributed by atoms with E-state index >= 15 is 0 Å². The third-order valence-corrected chi connectivity index (χ3v) is 7.88. The normalized spacial score (nSPS) is 14.0. The van der Waals surface area contributed by atoms with Crippen LogP contribution in [0, 0.1) is 0 Å². The molecule has 0 heterocycles. The molecule has 0 unspecified atom stereocenters. The summed E-state index contributed by atoms with van der Waals surface area (Å²) in [4.78, 5) is 26.2. The highest BCUT2D eigenvalue weighted by molar-refractivity contribution is 9.10. The van der Waals surface area contributed by atoms with Crippen molar-refractivity contribution in [1.82, 2.24) is 5.32 Å². The minimum Gasteiger partial charge on any atom is -0.490 e. The summed E-state index contributed by atoms with van der Waals surface area (Å²) < 4.78 is 18.2. The van der Waals surface area contributed by atoms with Gasteiger partial charge in [0.25, 0.3) is 5.91 Å². The van der Waals surface area contributed by atoms with E-state index in [4.69, 9.17) is 14.2 Å². The van der Waals surface area contributed by atoms with Crippen LogP contribution in [0.3, 0.4) is 0 Å². The Kier molecular flexibility index (Phi) is 9.93. The van der Waals surface area contributed by atoms with Crippen LogP contribution < -0.4 is 14.8 Å². The van der Waals surface area contributed by atoms with E-state index in [0.29, 0.717) is 11.3 Å². The Hall–Kier alpha value is -4.10. The monoisotopic (exact) mass is 627 g/mol. The van der Waals surface area contributed by atoms with Crippen molar-refractivity contribution in [2.75, 3.05) is 7.11 Å². The first-order valence-electron chi connectivity index (χ1n) is 14.3. The number of para-hydroxylation sites is 2. The number of ether oxygens (including phenoxy) is 3. The number of nitrogens with one attached hydrogen (secondary N) is 1. The van der Waals surface area contributed by atoms with Gasteiger partial charge in [-0.1, -0.05) is 83.0 Å². The van der Waals surface area contributed by atoms with Crippen molar-refractivity contribution in [3.63, 3.8) is 0 Å². The molecule has 5 rings (SSSR count). The number of methoxy groups -OCH3 is 1. The molecule has 1 aliphatic rings. The molecule has 7 heteroatoms. The lowest BCUT2D eigenvalue weighted by molar-refractivity contribution is -0.142. The molecule has 42 heavy (non-hydrogen) atoms. The van der Waals surface area contributed by atoms with Gasteiger partial charge in [0.05, 0.1) is 18.8 Å². The van der Waals surface area contributed by atoms with Crippen molar-refractivity contribution in [3.05, 3.63) is 113 Å². The van der Waals surface area contributed by atoms with Gasteiger partial charge in [-0.15, -0.1) is 0 Å². The number of rotatable bonds is 10. The second-order valence-corrected chi connectivity index (χ2v) is 11.3. The van der Waals surface area contributed by atoms with Crippen LogP contribution >= 0.6 is 15.9 Å². The second kappa shape index (κ2) is 14.2. The van der Waals surface area contributed by atoms with E-state index in [1.807, 2.05) is 84.9 Å². The average molecular weight is 629 g/mol. The molecule has 1 saturated carbocycles. The molecule has 1 amide bonds. The number of carbonyl (C=O) groups excluding carboxylic acids is 2. The van der Waals surface area contributed by atoms with Gasteiger partial charge in [-0.3, -0.25) is 4.79 Å². The lowest BCUT2D eigenvalue weighted by Crippen LogP contribution is -2.43. The summed E-state index contributed by atoms with van der Waals surface area (Å²) in [5, 5.41) is 2.89. The third kappa shape index (κ3) is 7.59. The molecule has 0 radical (unpaired) electrons. The molecule has 1 aliphatic carbocycles. The van der Waals surface area contributed by atoms with Gasteiger partial charge in [-0.25, -0.2) is 4.79 Å². The Morgan fingerprint density at radius 1 is 0.857 bits per heavy atom. The van der Waals surface area contributed by atoms with E-state index in [0.717, 1.165) is 58.3 Å². The first-order chi connectivity index (χ1) is 20.5. The molecule has 0 aliphatic heterocycles. The van der Waals surface area contributed by atoms with Crippen molar-refractivity contribution in [1.29, 1.82) is 0 Å². The molecular weight excluding hydrogens is 594 g/mol. The van der Waals surface area contributed by atoms with Crippen LogP contribution in [0.4, 0.5) is 0 Å². The number of benzene rings is 4. The number of hydrogen-bond donors (Lipinski definition) is 1. The van der Waals surface area contributed by atoms with Gasteiger partial charge < -0.3 is 19.5 Å². The molecule has 1 atom stereocenters. The fraction of sp³-hybridized carbons (Fsp3) is 0.257. The lowest BCUT2D eigenvalue weighted by Gasteiger charge is -2.24. The highest BCUT2D eigenvalue weighted by Crippen LogP contribution is 2.33. The number of hydrogen-bond acceptors (Lipinski definition) is 5. The number of amides is 1. The van der Waals surface area contributed by atoms with Crippen LogP contribution in [0.1, 0.15) is 48.0 Å². The maximum Gasteiger partial charge on any atom is 0.328 e. The van der Waals surface area contributed by atoms with Gasteiger partial charge in [0.1, 0.15) is 23.3 Å². The van der Waals surface area contributed by atoms with Crippen molar-refractivity contribution in [3.8, 4) is 28.4 Å². The molecule has 0 bridgehead atoms. The zero-order chi connectivity index (χ0) is 29.3. The van der Waals surface area contributed by atoms with E-state index in [1.165, 1.54) is 13.5 Å². The Bertz CT molecular complexity index is 1500. The second-order valence-electron chi connectivity index (χ2n) is 10.4. The molecule has 0 spiro atoms. The Balaban J connectivity index is 1.31. The highest BCUT2D eigenvalue weighted by Gasteiger charge is 2.26. The van der Waals surface area contributed by atoms with Crippen LogP contribution in [-0.2, 0) is 16.0 Å². The average Bonchev–Trinajstić information content (AvgIpc) is 3.03. The van der Waals surface area contributed by atoms with Gasteiger partial charge in [-0.2, -0.15) is 0 Å². The van der Waals surface area contributed by atoms with Crippen molar-refractivity contribution in [2.24, 2.45) is 0 Å². The van der Waals surface area contributed by atoms with Crippen LogP contribution in [-0.4, -0.2) is 31.1 Å². The first kappa shape index (κ1) is 29.4. The molecule has 0 aromatic heterocycles. The Morgan fingerprint density at radius 2 is 1.57 bits per heavy atom. The zero-order valence-corrected chi connectivity index (χ0v) is 25.1. The van der Waals surface area contributed by atoms with Crippen molar-refractivity contribution < 1.29 is 23.8 Å². The maximum atomic E-state index is 13.5. The molecule has 1 N–H and O–H groups in total. The van der Waals surface area contributed by atoms with Crippen molar-refractivity contribution in [2.45, 2.75) is 50.7 Å². The third-order valence-electron chi connectivity index (χ3n) is 7.39. The standard InChI is InChI=1S/C35H34BrNO5/c1-40-35(39)31(37-34(38)30-23-26(36)20-21-33(30)42-28-12-6-3-7-13-28)22-24-16-18-25(19-17-24)29-14-8-9-15-32(29)41-27-10-4-2-5-11-27/h2,4-5,8-11,14-21,23,28,31H,3,6-7,12-13,22H2,1H3,(H,37,38)/t31-/m0/s1. The lowest BCUT2D eigenvalue weighted by atomic mass is 9.97. The van der Waals surface area contributed by atoms with Gasteiger partial charge >= 0.3 is 5.97 Å². The van der Waals surface area contributed by atoms with E-state index < -0.39 is 12.0 Å². The molecular formula is C35H34BrNO5. The maximum absolute atomic E-state index is 13.5. The van der Waals surface area contributed by atoms with E-state index in [1.54, 1.807) is 12.1 Å². The van der Waals surface area contributed by atoms with Crippen LogP contribution in [0.15, 0.2) is 102 Å². The number of carbonyl (C=O) groups is 2. The van der Waals surface area contributed by atoms with Crippen LogP contribution in [0.2, 0.25) is 0 Å². The minimum atomic E-state index is -0.872. The van der Waals surface area contributed by atoms with Crippen LogP contribution in [0.5, 0.6) is 17.2 Å². The van der Waals surface area contributed by atoms with Crippen LogP contribution in [0.25, 0.3) is 11.1 Å². The number of esters is 1. The van der Waals surface area contributed by atoms with Gasteiger partial charge in [0.2, 0.25) is 0 Å². The van der Waals surface area contributed by atoms with Gasteiger partial charge in [0.15, 0.2) is 0 Å². The number of halogens is 1. The Morgan fingerprint density at radius 3 is 2.31 bits per heavy atom. The summed E-state index contributed by atoms with van der Waals surface area (Å²) >= 11 is 3.47. The predicted molar refractivity (Wildman–Crippen MR) is 167 cm³/mol. The molecule has 4 aromatic rings. The van der Waals surface area contributed by atoms with Crippen molar-refractivity contribution >= 4 is 27.8 Å². The molecule has 1 fully saturated rings. The molecule has 0 saturated heterocycles. The summed E-state index contributed by atoms with van der Waals surface area (Å²) in [5.74, 6) is 1.12. The predicted octanol–water partition coefficient (Wildman–Crippen LogP) is 8.13. The van der Waals surface area contributed by atoms with E-state index in [9.17, 15) is 9.59 Å². The topological polar surface area (TPSA) is 73.9 Å². The minimum absolute atomic E-state index is 0.0876. The summed E-state index contributed by atoms with van der Waals surface area (Å²) in [5.41, 5.74) is 3.19. The van der Waals surface area contributed by atoms with E-state index in [2.05, 4.69) is 21.2 Å². The quantitative estimate of drug-likeness (QED) is 0.180. The van der Waals surface area contributed by atoms with Gasteiger partial charge in [0, 0.05) is 16.5 Å². The smallest absolute Gasteiger partial charge is 0.328 e. The first-order valence-corrected chi connectivity index (χ1v) is 15.1. The van der Waals surface area contributed by atoms with E-state index in [-0.39, 0.29) is 18.4 Å². The SMILES string of the molecule is COC(=O)[C@H](Cc1ccc(-c2ccccc2Oc2ccccc2)cc1)NC(=O)c1cc(Br)ccc1OC1CCCCC1. The molecule has 216 valence electrons. The van der Waals surface area contributed by atoms with Gasteiger partial charge in [-0.05, 0) is 73.2 Å². The summed E-state index contributed by atoms with van der Waals surface area (Å²) in [7, 11) is 1.32. The summed E-state index contributed by atoms with van der Waals surface area (Å²) in [6.07, 6.45) is 5.76.